The third-order valence-electron chi connectivity index (χ3n) is 2.38. The Labute approximate surface area is 115 Å². The molecule has 1 aromatic heterocycles. The molecule has 1 aromatic carbocycles. The number of nitrogens with zero attached hydrogens (tertiary/aromatic N) is 2. The topological polar surface area (TPSA) is 58.0 Å². The molecule has 1 heterocycles. The van der Waals surface area contributed by atoms with E-state index in [1.807, 2.05) is 24.3 Å². The fraction of sp³-hybridized carbons (Fsp3) is 0.167. The normalized spacial score (nSPS) is 10.4. The first-order chi connectivity index (χ1) is 8.69. The van der Waals surface area contributed by atoms with Crippen LogP contribution in [0.4, 0.5) is 5.69 Å². The maximum atomic E-state index is 9.05. The van der Waals surface area contributed by atoms with Gasteiger partial charge in [0.25, 0.3) is 0 Å². The Bertz CT molecular complexity index is 549. The van der Waals surface area contributed by atoms with Crippen LogP contribution in [0.25, 0.3) is 0 Å². The Kier molecular flexibility index (Phi) is 4.36. The predicted molar refractivity (Wildman–Crippen MR) is 71.7 cm³/mol. The summed E-state index contributed by atoms with van der Waals surface area (Å²) in [7, 11) is 0. The average Bonchev–Trinajstić information content (AvgIpc) is 2.40. The van der Waals surface area contributed by atoms with Gasteiger partial charge in [0, 0.05) is 12.6 Å². The van der Waals surface area contributed by atoms with Crippen LogP contribution in [0, 0.1) is 0 Å². The minimum atomic E-state index is 0.0250. The Morgan fingerprint density at radius 1 is 1.11 bits per heavy atom. The Morgan fingerprint density at radius 3 is 2.67 bits per heavy atom. The molecule has 0 spiro atoms. The molecule has 2 N–H and O–H groups in total. The molecule has 6 heteroatoms. The molecule has 0 saturated heterocycles. The van der Waals surface area contributed by atoms with E-state index in [2.05, 4.69) is 15.5 Å². The van der Waals surface area contributed by atoms with Crippen molar-refractivity contribution >= 4 is 28.9 Å². The van der Waals surface area contributed by atoms with Gasteiger partial charge in [-0.1, -0.05) is 47.5 Å². The lowest BCUT2D eigenvalue weighted by Gasteiger charge is -2.08. The molecule has 4 nitrogen and oxygen atoms in total. The van der Waals surface area contributed by atoms with Crippen LogP contribution < -0.4 is 5.32 Å². The van der Waals surface area contributed by atoms with Gasteiger partial charge in [-0.25, -0.2) is 0 Å². The molecule has 18 heavy (non-hydrogen) atoms. The van der Waals surface area contributed by atoms with Crippen molar-refractivity contribution in [1.29, 1.82) is 0 Å². The summed E-state index contributed by atoms with van der Waals surface area (Å²) in [5.41, 5.74) is 2.53. The van der Waals surface area contributed by atoms with Crippen molar-refractivity contribution in [2.75, 3.05) is 5.32 Å². The monoisotopic (exact) mass is 283 g/mol. The number of nitrogens with one attached hydrogen (secondary N) is 1. The number of hydrogen-bond donors (Lipinski definition) is 2. The Balaban J connectivity index is 2.08. The van der Waals surface area contributed by atoms with E-state index >= 15 is 0 Å². The van der Waals surface area contributed by atoms with E-state index in [1.165, 1.54) is 0 Å². The number of rotatable bonds is 4. The molecule has 0 bridgehead atoms. The van der Waals surface area contributed by atoms with E-state index in [-0.39, 0.29) is 16.9 Å². The van der Waals surface area contributed by atoms with Crippen LogP contribution in [0.2, 0.25) is 10.3 Å². The van der Waals surface area contributed by atoms with E-state index in [0.29, 0.717) is 12.2 Å². The van der Waals surface area contributed by atoms with Gasteiger partial charge in [-0.15, -0.1) is 10.2 Å². The molecule has 0 fully saturated rings. The predicted octanol–water partition coefficient (Wildman–Crippen LogP) is 2.89. The molecular formula is C12H11Cl2N3O. The lowest BCUT2D eigenvalue weighted by Crippen LogP contribution is -2.02. The van der Waals surface area contributed by atoms with Crippen molar-refractivity contribution in [1.82, 2.24) is 10.2 Å². The van der Waals surface area contributed by atoms with Gasteiger partial charge in [0.1, 0.15) is 0 Å². The van der Waals surface area contributed by atoms with Crippen LogP contribution in [0.5, 0.6) is 0 Å². The first-order valence-corrected chi connectivity index (χ1v) is 6.06. The summed E-state index contributed by atoms with van der Waals surface area (Å²) >= 11 is 11.6. The fourth-order valence-corrected chi connectivity index (χ4v) is 1.82. The minimum absolute atomic E-state index is 0.0250. The first-order valence-electron chi connectivity index (χ1n) is 5.30. The standard InChI is InChI=1S/C12H11Cl2N3O/c13-11-5-10(12(14)17-16-11)15-6-8-2-1-3-9(4-8)7-18/h1-5,18H,6-7H2,(H,15,16). The van der Waals surface area contributed by atoms with Gasteiger partial charge in [0.2, 0.25) is 0 Å². The minimum Gasteiger partial charge on any atom is -0.392 e. The van der Waals surface area contributed by atoms with Crippen molar-refractivity contribution in [2.45, 2.75) is 13.2 Å². The second-order valence-corrected chi connectivity index (χ2v) is 4.45. The lowest BCUT2D eigenvalue weighted by molar-refractivity contribution is 0.281. The van der Waals surface area contributed by atoms with Crippen LogP contribution >= 0.6 is 23.2 Å². The van der Waals surface area contributed by atoms with Gasteiger partial charge in [0.05, 0.1) is 12.3 Å². The van der Waals surface area contributed by atoms with E-state index < -0.39 is 0 Å². The number of aliphatic hydroxyl groups is 1. The van der Waals surface area contributed by atoms with Crippen LogP contribution in [-0.2, 0) is 13.2 Å². The molecule has 2 aromatic rings. The number of aromatic nitrogens is 2. The van der Waals surface area contributed by atoms with Gasteiger partial charge in [-0.05, 0) is 11.1 Å². The van der Waals surface area contributed by atoms with Crippen molar-refractivity contribution in [2.24, 2.45) is 0 Å². The SMILES string of the molecule is OCc1cccc(CNc2cc(Cl)nnc2Cl)c1. The van der Waals surface area contributed by atoms with Crippen molar-refractivity contribution in [3.63, 3.8) is 0 Å². The molecule has 2 rings (SSSR count). The van der Waals surface area contributed by atoms with Gasteiger partial charge in [0.15, 0.2) is 10.3 Å². The average molecular weight is 284 g/mol. The van der Waals surface area contributed by atoms with Crippen LogP contribution in [0.1, 0.15) is 11.1 Å². The highest BCUT2D eigenvalue weighted by Crippen LogP contribution is 2.21. The Morgan fingerprint density at radius 2 is 1.89 bits per heavy atom. The summed E-state index contributed by atoms with van der Waals surface area (Å²) in [6.45, 7) is 0.590. The highest BCUT2D eigenvalue weighted by Gasteiger charge is 2.04. The number of halogens is 2. The highest BCUT2D eigenvalue weighted by molar-refractivity contribution is 6.33. The largest absolute Gasteiger partial charge is 0.392 e. The van der Waals surface area contributed by atoms with Crippen molar-refractivity contribution in [3.8, 4) is 0 Å². The van der Waals surface area contributed by atoms with E-state index in [1.54, 1.807) is 6.07 Å². The van der Waals surface area contributed by atoms with E-state index in [4.69, 9.17) is 28.3 Å². The summed E-state index contributed by atoms with van der Waals surface area (Å²) in [6.07, 6.45) is 0. The molecule has 0 saturated carbocycles. The van der Waals surface area contributed by atoms with Gasteiger partial charge in [-0.3, -0.25) is 0 Å². The molecule has 0 radical (unpaired) electrons. The highest BCUT2D eigenvalue weighted by atomic mass is 35.5. The second-order valence-electron chi connectivity index (χ2n) is 3.70. The number of anilines is 1. The number of aliphatic hydroxyl groups excluding tert-OH is 1. The fourth-order valence-electron chi connectivity index (χ4n) is 1.51. The van der Waals surface area contributed by atoms with Gasteiger partial charge in [-0.2, -0.15) is 0 Å². The molecule has 0 unspecified atom stereocenters. The number of benzene rings is 1. The summed E-state index contributed by atoms with van der Waals surface area (Å²) in [5.74, 6) is 0. The first kappa shape index (κ1) is 13.1. The maximum Gasteiger partial charge on any atom is 0.174 e. The molecular weight excluding hydrogens is 273 g/mol. The smallest absolute Gasteiger partial charge is 0.174 e. The van der Waals surface area contributed by atoms with E-state index in [9.17, 15) is 0 Å². The van der Waals surface area contributed by atoms with Crippen molar-refractivity contribution < 1.29 is 5.11 Å². The molecule has 94 valence electrons. The zero-order valence-corrected chi connectivity index (χ0v) is 10.9. The van der Waals surface area contributed by atoms with Crippen LogP contribution in [0.3, 0.4) is 0 Å². The summed E-state index contributed by atoms with van der Waals surface area (Å²) in [4.78, 5) is 0. The Hall–Kier alpha value is -1.36. The third kappa shape index (κ3) is 3.32. The molecule has 0 aliphatic heterocycles. The summed E-state index contributed by atoms with van der Waals surface area (Å²) < 4.78 is 0. The maximum absolute atomic E-state index is 9.05. The molecule has 0 atom stereocenters. The molecule has 0 aliphatic carbocycles. The number of hydrogen-bond acceptors (Lipinski definition) is 4. The quantitative estimate of drug-likeness (QED) is 0.906. The second kappa shape index (κ2) is 6.00. The van der Waals surface area contributed by atoms with E-state index in [0.717, 1.165) is 11.1 Å². The molecule has 0 aliphatic rings. The lowest BCUT2D eigenvalue weighted by atomic mass is 10.1. The zero-order valence-electron chi connectivity index (χ0n) is 9.40. The molecule has 0 amide bonds. The summed E-state index contributed by atoms with van der Waals surface area (Å²) in [6, 6.07) is 9.24. The van der Waals surface area contributed by atoms with Crippen LogP contribution in [-0.4, -0.2) is 15.3 Å². The van der Waals surface area contributed by atoms with Gasteiger partial charge < -0.3 is 10.4 Å². The zero-order chi connectivity index (χ0) is 13.0. The van der Waals surface area contributed by atoms with Gasteiger partial charge >= 0.3 is 0 Å². The van der Waals surface area contributed by atoms with Crippen molar-refractivity contribution in [3.05, 3.63) is 51.8 Å². The van der Waals surface area contributed by atoms with Crippen LogP contribution in [0.15, 0.2) is 30.3 Å². The third-order valence-corrected chi connectivity index (χ3v) is 2.84. The summed E-state index contributed by atoms with van der Waals surface area (Å²) in [5, 5.41) is 20.1.